The Hall–Kier alpha value is -0.120. The van der Waals surface area contributed by atoms with Crippen LogP contribution in [-0.4, -0.2) is 38.0 Å². The maximum Gasteiger partial charge on any atom is 0.0704 e. The maximum absolute atomic E-state index is 5.74. The Kier molecular flexibility index (Phi) is 4.42. The number of nitrogens with one attached hydrogen (secondary N) is 1. The van der Waals surface area contributed by atoms with Crippen molar-refractivity contribution in [1.82, 2.24) is 5.32 Å². The summed E-state index contributed by atoms with van der Waals surface area (Å²) in [6.07, 6.45) is 7.52. The van der Waals surface area contributed by atoms with E-state index in [1.807, 2.05) is 0 Å². The van der Waals surface area contributed by atoms with Gasteiger partial charge in [-0.1, -0.05) is 0 Å². The van der Waals surface area contributed by atoms with Crippen LogP contribution >= 0.6 is 0 Å². The second-order valence-corrected chi connectivity index (χ2v) is 4.77. The molecule has 0 bridgehead atoms. The molecule has 0 aromatic heterocycles. The lowest BCUT2D eigenvalue weighted by molar-refractivity contribution is 0.0546. The van der Waals surface area contributed by atoms with E-state index in [1.165, 1.54) is 25.7 Å². The van der Waals surface area contributed by atoms with Gasteiger partial charge in [0.25, 0.3) is 0 Å². The summed E-state index contributed by atoms with van der Waals surface area (Å²) in [5.41, 5.74) is 0. The second-order valence-electron chi connectivity index (χ2n) is 4.77. The molecule has 3 unspecified atom stereocenters. The summed E-state index contributed by atoms with van der Waals surface area (Å²) in [7, 11) is 0. The zero-order valence-electron chi connectivity index (χ0n) is 9.71. The van der Waals surface area contributed by atoms with Crippen molar-refractivity contribution >= 4 is 0 Å². The predicted octanol–water partition coefficient (Wildman–Crippen LogP) is 1.71. The van der Waals surface area contributed by atoms with Crippen LogP contribution in [0.15, 0.2) is 0 Å². The van der Waals surface area contributed by atoms with Crippen LogP contribution in [0.2, 0.25) is 0 Å². The smallest absolute Gasteiger partial charge is 0.0704 e. The van der Waals surface area contributed by atoms with Crippen LogP contribution in [0.25, 0.3) is 0 Å². The van der Waals surface area contributed by atoms with E-state index < -0.39 is 0 Å². The lowest BCUT2D eigenvalue weighted by Gasteiger charge is -2.13. The Morgan fingerprint density at radius 1 is 1.20 bits per heavy atom. The van der Waals surface area contributed by atoms with E-state index >= 15 is 0 Å². The summed E-state index contributed by atoms with van der Waals surface area (Å²) in [5, 5.41) is 3.47. The van der Waals surface area contributed by atoms with Gasteiger partial charge in [-0.05, 0) is 45.6 Å². The highest BCUT2D eigenvalue weighted by molar-refractivity contribution is 4.73. The van der Waals surface area contributed by atoms with Crippen LogP contribution in [0.3, 0.4) is 0 Å². The molecular formula is C12H23NO2. The molecular weight excluding hydrogens is 190 g/mol. The van der Waals surface area contributed by atoms with Crippen molar-refractivity contribution in [2.75, 3.05) is 19.7 Å². The van der Waals surface area contributed by atoms with Crippen LogP contribution < -0.4 is 5.32 Å². The predicted molar refractivity (Wildman–Crippen MR) is 60.0 cm³/mol. The van der Waals surface area contributed by atoms with Gasteiger partial charge in [0.15, 0.2) is 0 Å². The summed E-state index contributed by atoms with van der Waals surface area (Å²) in [6, 6.07) is 0. The van der Waals surface area contributed by atoms with Crippen molar-refractivity contribution in [3.63, 3.8) is 0 Å². The minimum atomic E-state index is 0.449. The highest BCUT2D eigenvalue weighted by atomic mass is 16.5. The molecule has 0 aromatic rings. The minimum absolute atomic E-state index is 0.449. The Bertz CT molecular complexity index is 180. The Morgan fingerprint density at radius 3 is 2.80 bits per heavy atom. The largest absolute Gasteiger partial charge is 0.378 e. The van der Waals surface area contributed by atoms with Gasteiger partial charge in [0, 0.05) is 13.2 Å². The molecule has 2 aliphatic heterocycles. The molecule has 2 aliphatic rings. The zero-order chi connectivity index (χ0) is 10.5. The Balaban J connectivity index is 1.48. The molecule has 0 radical (unpaired) electrons. The first kappa shape index (κ1) is 11.4. The van der Waals surface area contributed by atoms with Crippen molar-refractivity contribution in [3.8, 4) is 0 Å². The molecule has 88 valence electrons. The first-order valence-corrected chi connectivity index (χ1v) is 6.32. The van der Waals surface area contributed by atoms with E-state index in [1.54, 1.807) is 0 Å². The molecule has 2 rings (SSSR count). The van der Waals surface area contributed by atoms with E-state index in [-0.39, 0.29) is 0 Å². The van der Waals surface area contributed by atoms with Gasteiger partial charge >= 0.3 is 0 Å². The highest BCUT2D eigenvalue weighted by Gasteiger charge is 2.21. The summed E-state index contributed by atoms with van der Waals surface area (Å²) in [6.45, 7) is 5.20. The highest BCUT2D eigenvalue weighted by Crippen LogP contribution is 2.18. The van der Waals surface area contributed by atoms with Gasteiger partial charge in [-0.3, -0.25) is 0 Å². The molecule has 0 spiro atoms. The van der Waals surface area contributed by atoms with Gasteiger partial charge in [-0.15, -0.1) is 0 Å². The van der Waals surface area contributed by atoms with Gasteiger partial charge in [-0.2, -0.15) is 0 Å². The SMILES string of the molecule is CC1CCC(CNCCC2CCCO2)O1. The normalized spacial score (nSPS) is 36.2. The van der Waals surface area contributed by atoms with Crippen molar-refractivity contribution in [1.29, 1.82) is 0 Å². The number of hydrogen-bond acceptors (Lipinski definition) is 3. The molecule has 3 heteroatoms. The van der Waals surface area contributed by atoms with Gasteiger partial charge in [-0.25, -0.2) is 0 Å². The molecule has 2 heterocycles. The molecule has 0 saturated carbocycles. The minimum Gasteiger partial charge on any atom is -0.378 e. The first-order valence-electron chi connectivity index (χ1n) is 6.32. The third kappa shape index (κ3) is 3.74. The van der Waals surface area contributed by atoms with Crippen molar-refractivity contribution < 1.29 is 9.47 Å². The fraction of sp³-hybridized carbons (Fsp3) is 1.00. The fourth-order valence-electron chi connectivity index (χ4n) is 2.43. The van der Waals surface area contributed by atoms with Crippen LogP contribution in [-0.2, 0) is 9.47 Å². The lowest BCUT2D eigenvalue weighted by Crippen LogP contribution is -2.29. The molecule has 15 heavy (non-hydrogen) atoms. The van der Waals surface area contributed by atoms with E-state index in [0.717, 1.165) is 26.1 Å². The molecule has 2 saturated heterocycles. The monoisotopic (exact) mass is 213 g/mol. The molecule has 3 nitrogen and oxygen atoms in total. The van der Waals surface area contributed by atoms with Gasteiger partial charge in [0.1, 0.15) is 0 Å². The molecule has 0 aliphatic carbocycles. The van der Waals surface area contributed by atoms with E-state index in [0.29, 0.717) is 18.3 Å². The first-order chi connectivity index (χ1) is 7.34. The number of ether oxygens (including phenoxy) is 2. The number of rotatable bonds is 5. The maximum atomic E-state index is 5.74. The third-order valence-electron chi connectivity index (χ3n) is 3.36. The van der Waals surface area contributed by atoms with Gasteiger partial charge < -0.3 is 14.8 Å². The summed E-state index contributed by atoms with van der Waals surface area (Å²) < 4.78 is 11.3. The standard InChI is InChI=1S/C12H23NO2/c1-10-4-5-12(15-10)9-13-7-6-11-3-2-8-14-11/h10-13H,2-9H2,1H3. The van der Waals surface area contributed by atoms with Gasteiger partial charge in [0.2, 0.25) is 0 Å². The van der Waals surface area contributed by atoms with Crippen molar-refractivity contribution in [2.45, 2.75) is 57.3 Å². The number of hydrogen-bond donors (Lipinski definition) is 1. The Labute approximate surface area is 92.5 Å². The van der Waals surface area contributed by atoms with Crippen molar-refractivity contribution in [3.05, 3.63) is 0 Å². The van der Waals surface area contributed by atoms with Crippen LogP contribution in [0.4, 0.5) is 0 Å². The lowest BCUT2D eigenvalue weighted by atomic mass is 10.2. The van der Waals surface area contributed by atoms with Crippen LogP contribution in [0, 0.1) is 0 Å². The third-order valence-corrected chi connectivity index (χ3v) is 3.36. The Morgan fingerprint density at radius 2 is 2.13 bits per heavy atom. The topological polar surface area (TPSA) is 30.5 Å². The molecule has 1 N–H and O–H groups in total. The average Bonchev–Trinajstić information content (AvgIpc) is 2.84. The van der Waals surface area contributed by atoms with Crippen LogP contribution in [0.1, 0.15) is 39.0 Å². The molecule has 2 fully saturated rings. The van der Waals surface area contributed by atoms with E-state index in [9.17, 15) is 0 Å². The summed E-state index contributed by atoms with van der Waals surface area (Å²) >= 11 is 0. The molecule has 3 atom stereocenters. The van der Waals surface area contributed by atoms with E-state index in [4.69, 9.17) is 9.47 Å². The summed E-state index contributed by atoms with van der Waals surface area (Å²) in [5.74, 6) is 0. The van der Waals surface area contributed by atoms with Gasteiger partial charge in [0.05, 0.1) is 18.3 Å². The van der Waals surface area contributed by atoms with E-state index in [2.05, 4.69) is 12.2 Å². The summed E-state index contributed by atoms with van der Waals surface area (Å²) in [4.78, 5) is 0. The zero-order valence-corrected chi connectivity index (χ0v) is 9.71. The quantitative estimate of drug-likeness (QED) is 0.705. The average molecular weight is 213 g/mol. The van der Waals surface area contributed by atoms with Crippen molar-refractivity contribution in [2.24, 2.45) is 0 Å². The molecule has 0 aromatic carbocycles. The fourth-order valence-corrected chi connectivity index (χ4v) is 2.43. The van der Waals surface area contributed by atoms with Crippen LogP contribution in [0.5, 0.6) is 0 Å². The second kappa shape index (κ2) is 5.83. The molecule has 0 amide bonds.